The van der Waals surface area contributed by atoms with Gasteiger partial charge >= 0.3 is 11.9 Å². The third kappa shape index (κ3) is 2.29. The first-order chi connectivity index (χ1) is 11.5. The van der Waals surface area contributed by atoms with E-state index in [2.05, 4.69) is 0 Å². The summed E-state index contributed by atoms with van der Waals surface area (Å²) >= 11 is 0. The lowest BCUT2D eigenvalue weighted by Gasteiger charge is -2.62. The lowest BCUT2D eigenvalue weighted by atomic mass is 9.49. The van der Waals surface area contributed by atoms with Crippen molar-refractivity contribution in [1.82, 2.24) is 0 Å². The molecule has 4 rings (SSSR count). The molecular weight excluding hydrogens is 316 g/mol. The summed E-state index contributed by atoms with van der Waals surface area (Å²) in [7, 11) is 0. The monoisotopic (exact) mass is 342 g/mol. The van der Waals surface area contributed by atoms with Crippen molar-refractivity contribution < 1.29 is 33.6 Å². The van der Waals surface area contributed by atoms with Crippen molar-refractivity contribution in [2.45, 2.75) is 57.8 Å². The molecule has 2 bridgehead atoms. The second-order valence-electron chi connectivity index (χ2n) is 6.88. The third-order valence-electron chi connectivity index (χ3n) is 5.76. The van der Waals surface area contributed by atoms with Crippen LogP contribution in [0.5, 0.6) is 0 Å². The molecule has 4 aliphatic rings. The van der Waals surface area contributed by atoms with Crippen LogP contribution in [-0.4, -0.2) is 55.4 Å². The highest BCUT2D eigenvalue weighted by atomic mass is 16.7. The van der Waals surface area contributed by atoms with E-state index in [1.54, 1.807) is 13.8 Å². The Bertz CT molecular complexity index is 513. The summed E-state index contributed by atoms with van der Waals surface area (Å²) in [6.07, 6.45) is 0.704. The van der Waals surface area contributed by atoms with Crippen molar-refractivity contribution in [1.29, 1.82) is 0 Å². The van der Waals surface area contributed by atoms with E-state index in [-0.39, 0.29) is 26.1 Å². The number of fused-ring (bicyclic) bond motifs is 2. The molecule has 1 saturated heterocycles. The van der Waals surface area contributed by atoms with Gasteiger partial charge < -0.3 is 24.1 Å². The zero-order valence-electron chi connectivity index (χ0n) is 14.3. The molecule has 3 aliphatic carbocycles. The fourth-order valence-corrected chi connectivity index (χ4v) is 4.52. The molecule has 1 N–H and O–H groups in total. The number of esters is 2. The van der Waals surface area contributed by atoms with E-state index in [1.807, 2.05) is 0 Å². The number of aliphatic hydroxyl groups excluding tert-OH is 1. The second-order valence-corrected chi connectivity index (χ2v) is 6.88. The minimum absolute atomic E-state index is 0.0879. The number of rotatable bonds is 4. The Balaban J connectivity index is 2.01. The van der Waals surface area contributed by atoms with Gasteiger partial charge in [0.05, 0.1) is 37.9 Å². The van der Waals surface area contributed by atoms with Crippen LogP contribution in [0.15, 0.2) is 0 Å². The van der Waals surface area contributed by atoms with E-state index in [0.29, 0.717) is 26.1 Å². The molecular formula is C17H26O7. The number of ether oxygens (including phenoxy) is 4. The van der Waals surface area contributed by atoms with Gasteiger partial charge in [0.2, 0.25) is 0 Å². The molecule has 24 heavy (non-hydrogen) atoms. The number of carbonyl (C=O) groups is 2. The minimum Gasteiger partial charge on any atom is -0.465 e. The van der Waals surface area contributed by atoms with E-state index in [4.69, 9.17) is 18.9 Å². The first kappa shape index (κ1) is 17.6. The van der Waals surface area contributed by atoms with Gasteiger partial charge in [-0.3, -0.25) is 9.59 Å². The van der Waals surface area contributed by atoms with Gasteiger partial charge in [0.15, 0.2) is 5.79 Å². The summed E-state index contributed by atoms with van der Waals surface area (Å²) in [5.41, 5.74) is -2.15. The summed E-state index contributed by atoms with van der Waals surface area (Å²) in [6, 6.07) is 0. The molecule has 0 radical (unpaired) electrons. The van der Waals surface area contributed by atoms with Crippen LogP contribution in [0, 0.1) is 10.8 Å². The zero-order valence-corrected chi connectivity index (χ0v) is 14.3. The Morgan fingerprint density at radius 2 is 1.71 bits per heavy atom. The Labute approximate surface area is 141 Å². The van der Waals surface area contributed by atoms with Crippen LogP contribution in [0.2, 0.25) is 0 Å². The first-order valence-electron chi connectivity index (χ1n) is 8.77. The Hall–Kier alpha value is -1.18. The molecule has 0 aromatic rings. The van der Waals surface area contributed by atoms with Gasteiger partial charge in [-0.1, -0.05) is 0 Å². The van der Waals surface area contributed by atoms with Crippen LogP contribution >= 0.6 is 0 Å². The molecule has 136 valence electrons. The Morgan fingerprint density at radius 3 is 2.29 bits per heavy atom. The normalized spacial score (nSPS) is 37.2. The molecule has 1 heterocycles. The second kappa shape index (κ2) is 6.28. The maximum atomic E-state index is 12.8. The van der Waals surface area contributed by atoms with Crippen LogP contribution < -0.4 is 0 Å². The molecule has 0 amide bonds. The van der Waals surface area contributed by atoms with Crippen molar-refractivity contribution in [2.24, 2.45) is 10.8 Å². The highest BCUT2D eigenvalue weighted by molar-refractivity contribution is 5.84. The molecule has 0 aromatic heterocycles. The van der Waals surface area contributed by atoms with Gasteiger partial charge in [0.25, 0.3) is 0 Å². The summed E-state index contributed by atoms with van der Waals surface area (Å²) in [5, 5.41) is 10.7. The molecule has 3 atom stereocenters. The van der Waals surface area contributed by atoms with Gasteiger partial charge in [-0.05, 0) is 39.5 Å². The SMILES string of the molecule is CCOC(=O)C12CCC(C(=O)OCC)(CC1O)C1(C2)OCCCO1. The molecule has 1 spiro atoms. The summed E-state index contributed by atoms with van der Waals surface area (Å²) in [6.45, 7) is 4.88. The molecule has 7 heteroatoms. The zero-order chi connectivity index (χ0) is 17.4. The smallest absolute Gasteiger partial charge is 0.317 e. The fraction of sp³-hybridized carbons (Fsp3) is 0.882. The lowest BCUT2D eigenvalue weighted by molar-refractivity contribution is -0.371. The Morgan fingerprint density at radius 1 is 1.08 bits per heavy atom. The average molecular weight is 342 g/mol. The van der Waals surface area contributed by atoms with Crippen molar-refractivity contribution in [3.8, 4) is 0 Å². The van der Waals surface area contributed by atoms with Crippen LogP contribution in [0.25, 0.3) is 0 Å². The maximum Gasteiger partial charge on any atom is 0.317 e. The molecule has 0 aromatic carbocycles. The Kier molecular flexibility index (Phi) is 4.61. The molecule has 3 unspecified atom stereocenters. The quantitative estimate of drug-likeness (QED) is 0.767. The van der Waals surface area contributed by atoms with Gasteiger partial charge in [-0.2, -0.15) is 0 Å². The highest BCUT2D eigenvalue weighted by Gasteiger charge is 2.74. The number of aliphatic hydroxyl groups is 1. The largest absolute Gasteiger partial charge is 0.465 e. The molecule has 4 fully saturated rings. The minimum atomic E-state index is -1.22. The van der Waals surface area contributed by atoms with Gasteiger partial charge in [-0.15, -0.1) is 0 Å². The predicted octanol–water partition coefficient (Wildman–Crippen LogP) is 1.17. The number of carbonyl (C=O) groups excluding carboxylic acids is 2. The standard InChI is InChI=1S/C17H26O7/c1-3-21-13(19)15-6-7-16(10-12(15)18,14(20)22-4-2)17(11-15)23-8-5-9-24-17/h12,18H,3-11H2,1-2H3. The topological polar surface area (TPSA) is 91.3 Å². The van der Waals surface area contributed by atoms with Crippen LogP contribution in [0.3, 0.4) is 0 Å². The first-order valence-corrected chi connectivity index (χ1v) is 8.77. The number of hydrogen-bond donors (Lipinski definition) is 1. The molecule has 3 saturated carbocycles. The van der Waals surface area contributed by atoms with Crippen LogP contribution in [-0.2, 0) is 28.5 Å². The lowest BCUT2D eigenvalue weighted by Crippen LogP contribution is -2.72. The van der Waals surface area contributed by atoms with E-state index in [0.717, 1.165) is 6.42 Å². The highest BCUT2D eigenvalue weighted by Crippen LogP contribution is 2.64. The molecule has 1 aliphatic heterocycles. The van der Waals surface area contributed by atoms with E-state index < -0.39 is 34.7 Å². The summed E-state index contributed by atoms with van der Waals surface area (Å²) in [4.78, 5) is 25.4. The van der Waals surface area contributed by atoms with Gasteiger partial charge in [-0.25, -0.2) is 0 Å². The fourth-order valence-electron chi connectivity index (χ4n) is 4.52. The average Bonchev–Trinajstić information content (AvgIpc) is 2.57. The van der Waals surface area contributed by atoms with Crippen molar-refractivity contribution in [2.75, 3.05) is 26.4 Å². The number of hydrogen-bond acceptors (Lipinski definition) is 7. The third-order valence-corrected chi connectivity index (χ3v) is 5.76. The maximum absolute atomic E-state index is 12.8. The van der Waals surface area contributed by atoms with Crippen molar-refractivity contribution in [3.05, 3.63) is 0 Å². The predicted molar refractivity (Wildman–Crippen MR) is 81.9 cm³/mol. The summed E-state index contributed by atoms with van der Waals surface area (Å²) < 4.78 is 22.5. The molecule has 7 nitrogen and oxygen atoms in total. The van der Waals surface area contributed by atoms with E-state index in [9.17, 15) is 14.7 Å². The van der Waals surface area contributed by atoms with Crippen LogP contribution in [0.1, 0.15) is 46.0 Å². The summed E-state index contributed by atoms with van der Waals surface area (Å²) in [5.74, 6) is -2.07. The van der Waals surface area contributed by atoms with Crippen LogP contribution in [0.4, 0.5) is 0 Å². The van der Waals surface area contributed by atoms with Gasteiger partial charge in [0.1, 0.15) is 5.41 Å². The van der Waals surface area contributed by atoms with E-state index in [1.165, 1.54) is 0 Å². The van der Waals surface area contributed by atoms with E-state index >= 15 is 0 Å². The van der Waals surface area contributed by atoms with Gasteiger partial charge in [0, 0.05) is 6.42 Å². The van der Waals surface area contributed by atoms with Crippen molar-refractivity contribution >= 4 is 11.9 Å². The van der Waals surface area contributed by atoms with Crippen molar-refractivity contribution in [3.63, 3.8) is 0 Å².